The van der Waals surface area contributed by atoms with Crippen molar-refractivity contribution in [2.75, 3.05) is 31.2 Å². The number of nitrogens with one attached hydrogen (secondary N) is 3. The van der Waals surface area contributed by atoms with Crippen LogP contribution < -0.4 is 14.8 Å². The van der Waals surface area contributed by atoms with Crippen LogP contribution in [0.1, 0.15) is 13.3 Å². The Bertz CT molecular complexity index is 641. The molecule has 0 bridgehead atoms. The van der Waals surface area contributed by atoms with E-state index >= 15 is 0 Å². The largest absolute Gasteiger partial charge is 0.370 e. The van der Waals surface area contributed by atoms with Crippen LogP contribution in [-0.2, 0) is 20.0 Å². The number of rotatable bonds is 9. The third kappa shape index (κ3) is 6.85. The minimum atomic E-state index is -3.63. The van der Waals surface area contributed by atoms with Crippen molar-refractivity contribution in [1.29, 1.82) is 0 Å². The fraction of sp³-hybridized carbons (Fsp3) is 0.545. The third-order valence-corrected chi connectivity index (χ3v) is 4.59. The molecule has 0 unspecified atom stereocenters. The average molecular weight is 336 g/mol. The van der Waals surface area contributed by atoms with Crippen molar-refractivity contribution in [3.63, 3.8) is 0 Å². The van der Waals surface area contributed by atoms with Gasteiger partial charge in [-0.05, 0) is 25.5 Å². The highest BCUT2D eigenvalue weighted by Gasteiger charge is 2.13. The van der Waals surface area contributed by atoms with Gasteiger partial charge in [-0.2, -0.15) is 0 Å². The van der Waals surface area contributed by atoms with Crippen LogP contribution in [0.15, 0.2) is 23.2 Å². The topological polar surface area (TPSA) is 117 Å². The van der Waals surface area contributed by atoms with Gasteiger partial charge < -0.3 is 5.32 Å². The molecule has 120 valence electrons. The quantitative estimate of drug-likeness (QED) is 0.535. The Hall–Kier alpha value is -1.23. The lowest BCUT2D eigenvalue weighted by Gasteiger charge is -2.08. The second-order valence-electron chi connectivity index (χ2n) is 4.33. The van der Waals surface area contributed by atoms with E-state index in [0.717, 1.165) is 6.26 Å². The summed E-state index contributed by atoms with van der Waals surface area (Å²) in [5, 5.41) is 2.97. The van der Waals surface area contributed by atoms with Crippen LogP contribution in [0.4, 0.5) is 5.82 Å². The summed E-state index contributed by atoms with van der Waals surface area (Å²) in [5.74, 6) is 0.605. The molecule has 8 nitrogen and oxygen atoms in total. The first-order valence-electron chi connectivity index (χ1n) is 6.39. The van der Waals surface area contributed by atoms with E-state index in [-0.39, 0.29) is 18.0 Å². The van der Waals surface area contributed by atoms with Gasteiger partial charge in [-0.15, -0.1) is 0 Å². The molecule has 0 aliphatic heterocycles. The fourth-order valence-electron chi connectivity index (χ4n) is 1.46. The van der Waals surface area contributed by atoms with Crippen molar-refractivity contribution in [3.05, 3.63) is 18.3 Å². The molecule has 0 saturated carbocycles. The van der Waals surface area contributed by atoms with Crippen molar-refractivity contribution in [2.24, 2.45) is 0 Å². The molecule has 1 aromatic rings. The molecule has 0 amide bonds. The summed E-state index contributed by atoms with van der Waals surface area (Å²) in [5.41, 5.74) is 0. The van der Waals surface area contributed by atoms with E-state index in [9.17, 15) is 16.8 Å². The summed E-state index contributed by atoms with van der Waals surface area (Å²) < 4.78 is 50.2. The van der Waals surface area contributed by atoms with Gasteiger partial charge >= 0.3 is 0 Å². The van der Waals surface area contributed by atoms with Gasteiger partial charge in [0.25, 0.3) is 0 Å². The molecule has 3 N–H and O–H groups in total. The van der Waals surface area contributed by atoms with Crippen LogP contribution in [-0.4, -0.2) is 47.7 Å². The van der Waals surface area contributed by atoms with Gasteiger partial charge in [0.05, 0.1) is 6.26 Å². The number of aromatic nitrogens is 1. The Labute approximate surface area is 125 Å². The predicted octanol–water partition coefficient (Wildman–Crippen LogP) is -0.269. The minimum Gasteiger partial charge on any atom is -0.370 e. The number of pyridine rings is 1. The van der Waals surface area contributed by atoms with Crippen molar-refractivity contribution >= 4 is 25.9 Å². The first kappa shape index (κ1) is 17.8. The minimum absolute atomic E-state index is 0.0697. The highest BCUT2D eigenvalue weighted by molar-refractivity contribution is 7.89. The van der Waals surface area contributed by atoms with Crippen LogP contribution in [0.25, 0.3) is 0 Å². The molecule has 0 aliphatic carbocycles. The number of hydrogen-bond donors (Lipinski definition) is 3. The molecule has 0 aromatic carbocycles. The zero-order valence-corrected chi connectivity index (χ0v) is 13.6. The predicted molar refractivity (Wildman–Crippen MR) is 81.1 cm³/mol. The normalized spacial score (nSPS) is 12.3. The summed E-state index contributed by atoms with van der Waals surface area (Å²) in [4.78, 5) is 4.06. The van der Waals surface area contributed by atoms with Crippen LogP contribution >= 0.6 is 0 Å². The summed E-state index contributed by atoms with van der Waals surface area (Å²) in [6.45, 7) is 2.93. The Morgan fingerprint density at radius 3 is 2.29 bits per heavy atom. The first-order valence-corrected chi connectivity index (χ1v) is 9.76. The molecule has 1 rings (SSSR count). The SMILES string of the molecule is CCNc1ccc(S(=O)(=O)NCCCNS(C)(=O)=O)cn1. The van der Waals surface area contributed by atoms with Crippen molar-refractivity contribution in [1.82, 2.24) is 14.4 Å². The third-order valence-electron chi connectivity index (χ3n) is 2.41. The molecule has 0 spiro atoms. The standard InChI is InChI=1S/C11H20N4O4S2/c1-3-12-11-6-5-10(9-13-11)21(18,19)15-8-4-7-14-20(2,16)17/h5-6,9,14-15H,3-4,7-8H2,1-2H3,(H,12,13). The summed E-state index contributed by atoms with van der Waals surface area (Å²) in [7, 11) is -6.87. The first-order chi connectivity index (χ1) is 9.74. The van der Waals surface area contributed by atoms with Crippen molar-refractivity contribution < 1.29 is 16.8 Å². The highest BCUT2D eigenvalue weighted by atomic mass is 32.2. The van der Waals surface area contributed by atoms with Gasteiger partial charge in [-0.25, -0.2) is 31.3 Å². The zero-order chi connectivity index (χ0) is 15.9. The molecule has 0 radical (unpaired) electrons. The van der Waals surface area contributed by atoms with E-state index in [4.69, 9.17) is 0 Å². The molecule has 0 aliphatic rings. The van der Waals surface area contributed by atoms with Crippen LogP contribution in [0.2, 0.25) is 0 Å². The van der Waals surface area contributed by atoms with E-state index in [1.54, 1.807) is 6.07 Å². The second kappa shape index (κ2) is 7.69. The van der Waals surface area contributed by atoms with Gasteiger partial charge in [0.1, 0.15) is 10.7 Å². The lowest BCUT2D eigenvalue weighted by atomic mass is 10.4. The molecule has 0 fully saturated rings. The van der Waals surface area contributed by atoms with Gasteiger partial charge in [0.15, 0.2) is 0 Å². The van der Waals surface area contributed by atoms with E-state index in [0.29, 0.717) is 18.8 Å². The van der Waals surface area contributed by atoms with Crippen molar-refractivity contribution in [3.8, 4) is 0 Å². The molecule has 1 aromatic heterocycles. The monoisotopic (exact) mass is 336 g/mol. The maximum Gasteiger partial charge on any atom is 0.242 e. The van der Waals surface area contributed by atoms with Gasteiger partial charge in [-0.1, -0.05) is 0 Å². The number of hydrogen-bond acceptors (Lipinski definition) is 6. The van der Waals surface area contributed by atoms with Crippen LogP contribution in [0, 0.1) is 0 Å². The second-order valence-corrected chi connectivity index (χ2v) is 7.93. The molecule has 10 heteroatoms. The number of sulfonamides is 2. The molecule has 21 heavy (non-hydrogen) atoms. The summed E-state index contributed by atoms with van der Waals surface area (Å²) in [6, 6.07) is 3.05. The Kier molecular flexibility index (Phi) is 6.52. The van der Waals surface area contributed by atoms with E-state index < -0.39 is 20.0 Å². The smallest absolute Gasteiger partial charge is 0.242 e. The number of nitrogens with zero attached hydrogens (tertiary/aromatic N) is 1. The average Bonchev–Trinajstić information content (AvgIpc) is 2.38. The Balaban J connectivity index is 2.49. The van der Waals surface area contributed by atoms with Crippen LogP contribution in [0.3, 0.4) is 0 Å². The number of anilines is 1. The lowest BCUT2D eigenvalue weighted by Crippen LogP contribution is -2.29. The highest BCUT2D eigenvalue weighted by Crippen LogP contribution is 2.10. The summed E-state index contributed by atoms with van der Waals surface area (Å²) >= 11 is 0. The van der Waals surface area contributed by atoms with E-state index in [1.165, 1.54) is 12.3 Å². The Morgan fingerprint density at radius 2 is 1.76 bits per heavy atom. The fourth-order valence-corrected chi connectivity index (χ4v) is 2.99. The van der Waals surface area contributed by atoms with Crippen molar-refractivity contribution in [2.45, 2.75) is 18.2 Å². The molecule has 1 heterocycles. The zero-order valence-electron chi connectivity index (χ0n) is 12.0. The molecule has 0 saturated heterocycles. The van der Waals surface area contributed by atoms with Gasteiger partial charge in [0, 0.05) is 25.8 Å². The van der Waals surface area contributed by atoms with E-state index in [2.05, 4.69) is 19.7 Å². The lowest BCUT2D eigenvalue weighted by molar-refractivity contribution is 0.574. The van der Waals surface area contributed by atoms with Gasteiger partial charge in [0.2, 0.25) is 20.0 Å². The molecular weight excluding hydrogens is 316 g/mol. The maximum absolute atomic E-state index is 12.0. The van der Waals surface area contributed by atoms with E-state index in [1.807, 2.05) is 6.92 Å². The Morgan fingerprint density at radius 1 is 1.10 bits per heavy atom. The summed E-state index contributed by atoms with van der Waals surface area (Å²) in [6.07, 6.45) is 2.68. The van der Waals surface area contributed by atoms with Crippen LogP contribution in [0.5, 0.6) is 0 Å². The molecular formula is C11H20N4O4S2. The molecule has 0 atom stereocenters. The van der Waals surface area contributed by atoms with Gasteiger partial charge in [-0.3, -0.25) is 0 Å². The maximum atomic E-state index is 12.0.